The van der Waals surface area contributed by atoms with Crippen LogP contribution in [-0.2, 0) is 0 Å². The molecule has 0 aromatic heterocycles. The Labute approximate surface area is 146 Å². The van der Waals surface area contributed by atoms with E-state index in [0.29, 0.717) is 5.92 Å². The minimum absolute atomic E-state index is 0. The van der Waals surface area contributed by atoms with E-state index in [1.807, 2.05) is 6.07 Å². The third kappa shape index (κ3) is 5.71. The Morgan fingerprint density at radius 1 is 1.13 bits per heavy atom. The van der Waals surface area contributed by atoms with E-state index in [0.717, 1.165) is 44.6 Å². The first-order chi connectivity index (χ1) is 10.0. The van der Waals surface area contributed by atoms with Crippen LogP contribution >= 0.6 is 24.8 Å². The molecule has 8 heteroatoms. The highest BCUT2D eigenvalue weighted by Crippen LogP contribution is 2.45. The number of hydrogen-bond donors (Lipinski definition) is 1. The summed E-state index contributed by atoms with van der Waals surface area (Å²) in [5, 5.41) is 3.31. The molecule has 1 N–H and O–H groups in total. The molecule has 1 saturated heterocycles. The van der Waals surface area contributed by atoms with Crippen LogP contribution in [0.5, 0.6) is 5.75 Å². The van der Waals surface area contributed by atoms with Crippen molar-refractivity contribution in [2.45, 2.75) is 25.2 Å². The smallest absolute Gasteiger partial charge is 0.406 e. The molecule has 2 fully saturated rings. The van der Waals surface area contributed by atoms with Crippen molar-refractivity contribution in [3.8, 4) is 5.75 Å². The molecule has 23 heavy (non-hydrogen) atoms. The van der Waals surface area contributed by atoms with Gasteiger partial charge in [0.05, 0.1) is 0 Å². The fourth-order valence-electron chi connectivity index (χ4n) is 3.05. The lowest BCUT2D eigenvalue weighted by Crippen LogP contribution is -2.45. The van der Waals surface area contributed by atoms with E-state index in [4.69, 9.17) is 0 Å². The van der Waals surface area contributed by atoms with Crippen LogP contribution in [0.3, 0.4) is 0 Å². The average molecular weight is 373 g/mol. The van der Waals surface area contributed by atoms with E-state index in [1.165, 1.54) is 6.07 Å². The Morgan fingerprint density at radius 2 is 1.78 bits per heavy atom. The van der Waals surface area contributed by atoms with Crippen molar-refractivity contribution >= 4 is 24.8 Å². The van der Waals surface area contributed by atoms with Crippen LogP contribution in [0.1, 0.15) is 24.4 Å². The Kier molecular flexibility index (Phi) is 7.45. The quantitative estimate of drug-likeness (QED) is 0.869. The molecule has 1 heterocycles. The molecule has 3 rings (SSSR count). The Morgan fingerprint density at radius 3 is 2.35 bits per heavy atom. The van der Waals surface area contributed by atoms with Gasteiger partial charge in [-0.3, -0.25) is 4.90 Å². The summed E-state index contributed by atoms with van der Waals surface area (Å²) in [4.78, 5) is 2.38. The Bertz CT molecular complexity index is 492. The Hall–Kier alpha value is -0.690. The van der Waals surface area contributed by atoms with Gasteiger partial charge in [-0.25, -0.2) is 0 Å². The maximum absolute atomic E-state index is 12.4. The number of ether oxygens (including phenoxy) is 1. The standard InChI is InChI=1S/C15H19F3N2O.2ClH/c16-15(17,18)21-13-3-1-2-12(10-13)14(11-4-5-11)20-8-6-19-7-9-20;;/h1-3,10-11,14,19H,4-9H2;2*1H/t14-;;/m1../s1. The van der Waals surface area contributed by atoms with E-state index in [1.54, 1.807) is 12.1 Å². The van der Waals surface area contributed by atoms with Gasteiger partial charge in [-0.2, -0.15) is 0 Å². The van der Waals surface area contributed by atoms with Crippen LogP contribution in [0.25, 0.3) is 0 Å². The number of rotatable bonds is 4. The number of benzene rings is 1. The van der Waals surface area contributed by atoms with Gasteiger partial charge >= 0.3 is 6.36 Å². The van der Waals surface area contributed by atoms with Gasteiger partial charge in [-0.05, 0) is 36.5 Å². The molecule has 132 valence electrons. The summed E-state index contributed by atoms with van der Waals surface area (Å²) in [6, 6.07) is 6.67. The number of hydrogen-bond acceptors (Lipinski definition) is 3. The molecular weight excluding hydrogens is 352 g/mol. The van der Waals surface area contributed by atoms with Crippen LogP contribution in [0.15, 0.2) is 24.3 Å². The highest BCUT2D eigenvalue weighted by atomic mass is 35.5. The summed E-state index contributed by atoms with van der Waals surface area (Å²) in [5.41, 5.74) is 0.932. The summed E-state index contributed by atoms with van der Waals surface area (Å²) in [6.07, 6.45) is -2.33. The van der Waals surface area contributed by atoms with Crippen molar-refractivity contribution in [3.05, 3.63) is 29.8 Å². The molecule has 0 radical (unpaired) electrons. The molecule has 1 aromatic carbocycles. The number of halogens is 5. The Balaban J connectivity index is 0.00000132. The van der Waals surface area contributed by atoms with E-state index in [-0.39, 0.29) is 36.6 Å². The SMILES string of the molecule is Cl.Cl.FC(F)(F)Oc1cccc([C@@H](C2CC2)N2CCNCC2)c1. The highest BCUT2D eigenvalue weighted by Gasteiger charge is 2.37. The van der Waals surface area contributed by atoms with Crippen LogP contribution in [0, 0.1) is 5.92 Å². The van der Waals surface area contributed by atoms with Gasteiger partial charge in [-0.15, -0.1) is 38.0 Å². The molecule has 2 aliphatic rings. The topological polar surface area (TPSA) is 24.5 Å². The van der Waals surface area contributed by atoms with Crippen molar-refractivity contribution in [1.29, 1.82) is 0 Å². The maximum atomic E-state index is 12.4. The molecule has 1 aliphatic heterocycles. The summed E-state index contributed by atoms with van der Waals surface area (Å²) in [6.45, 7) is 3.74. The largest absolute Gasteiger partial charge is 0.573 e. The van der Waals surface area contributed by atoms with E-state index in [2.05, 4.69) is 15.0 Å². The van der Waals surface area contributed by atoms with Crippen LogP contribution in [0.4, 0.5) is 13.2 Å². The van der Waals surface area contributed by atoms with Gasteiger partial charge < -0.3 is 10.1 Å². The zero-order valence-corrected chi connectivity index (χ0v) is 14.1. The summed E-state index contributed by atoms with van der Waals surface area (Å²) in [5.74, 6) is 0.435. The third-order valence-electron chi connectivity index (χ3n) is 4.05. The zero-order valence-electron chi connectivity index (χ0n) is 12.5. The summed E-state index contributed by atoms with van der Waals surface area (Å²) < 4.78 is 41.1. The lowest BCUT2D eigenvalue weighted by atomic mass is 9.99. The average Bonchev–Trinajstić information content (AvgIpc) is 3.23. The fraction of sp³-hybridized carbons (Fsp3) is 0.600. The number of nitrogens with zero attached hydrogens (tertiary/aromatic N) is 1. The summed E-state index contributed by atoms with van der Waals surface area (Å²) in [7, 11) is 0. The normalized spacial score (nSPS) is 20.1. The minimum Gasteiger partial charge on any atom is -0.406 e. The van der Waals surface area contributed by atoms with Gasteiger partial charge in [0, 0.05) is 32.2 Å². The van der Waals surface area contributed by atoms with Crippen molar-refractivity contribution in [3.63, 3.8) is 0 Å². The monoisotopic (exact) mass is 372 g/mol. The maximum Gasteiger partial charge on any atom is 0.573 e. The molecule has 0 spiro atoms. The molecule has 0 amide bonds. The first-order valence-corrected chi connectivity index (χ1v) is 7.33. The predicted octanol–water partition coefficient (Wildman–Crippen LogP) is 3.79. The van der Waals surface area contributed by atoms with E-state index in [9.17, 15) is 13.2 Å². The molecular formula is C15H21Cl2F3N2O. The van der Waals surface area contributed by atoms with E-state index >= 15 is 0 Å². The first-order valence-electron chi connectivity index (χ1n) is 7.33. The second-order valence-electron chi connectivity index (χ2n) is 5.69. The molecule has 1 atom stereocenters. The zero-order chi connectivity index (χ0) is 14.9. The van der Waals surface area contributed by atoms with Crippen LogP contribution < -0.4 is 10.1 Å². The lowest BCUT2D eigenvalue weighted by molar-refractivity contribution is -0.274. The van der Waals surface area contributed by atoms with Crippen LogP contribution in [0.2, 0.25) is 0 Å². The molecule has 3 nitrogen and oxygen atoms in total. The molecule has 1 aliphatic carbocycles. The number of alkyl halides is 3. The fourth-order valence-corrected chi connectivity index (χ4v) is 3.05. The van der Waals surface area contributed by atoms with Crippen LogP contribution in [-0.4, -0.2) is 37.4 Å². The van der Waals surface area contributed by atoms with Crippen molar-refractivity contribution < 1.29 is 17.9 Å². The van der Waals surface area contributed by atoms with Gasteiger partial charge in [0.1, 0.15) is 5.75 Å². The van der Waals surface area contributed by atoms with Crippen molar-refractivity contribution in [1.82, 2.24) is 10.2 Å². The first kappa shape index (κ1) is 20.4. The van der Waals surface area contributed by atoms with Gasteiger partial charge in [0.15, 0.2) is 0 Å². The van der Waals surface area contributed by atoms with Gasteiger partial charge in [0.2, 0.25) is 0 Å². The molecule has 0 bridgehead atoms. The van der Waals surface area contributed by atoms with Crippen molar-refractivity contribution in [2.24, 2.45) is 5.92 Å². The lowest BCUT2D eigenvalue weighted by Gasteiger charge is -2.35. The second-order valence-corrected chi connectivity index (χ2v) is 5.69. The number of nitrogens with one attached hydrogen (secondary N) is 1. The van der Waals surface area contributed by atoms with Crippen molar-refractivity contribution in [2.75, 3.05) is 26.2 Å². The molecule has 0 unspecified atom stereocenters. The summed E-state index contributed by atoms with van der Waals surface area (Å²) >= 11 is 0. The predicted molar refractivity (Wildman–Crippen MR) is 87.5 cm³/mol. The van der Waals surface area contributed by atoms with Gasteiger partial charge in [-0.1, -0.05) is 12.1 Å². The molecule has 1 saturated carbocycles. The van der Waals surface area contributed by atoms with Gasteiger partial charge in [0.25, 0.3) is 0 Å². The third-order valence-corrected chi connectivity index (χ3v) is 4.05. The number of piperazine rings is 1. The minimum atomic E-state index is -4.64. The molecule has 1 aromatic rings. The second kappa shape index (κ2) is 8.42. The highest BCUT2D eigenvalue weighted by molar-refractivity contribution is 5.85. The van der Waals surface area contributed by atoms with E-state index < -0.39 is 6.36 Å².